The SMILES string of the molecule is CCCCc1ccc(Nc2ncc(C(F)(F)F)c(OC)n2)cc1. The molecule has 2 aromatic rings. The Labute approximate surface area is 132 Å². The maximum Gasteiger partial charge on any atom is 0.423 e. The molecule has 1 heterocycles. The lowest BCUT2D eigenvalue weighted by Crippen LogP contribution is -2.11. The number of ether oxygens (including phenoxy) is 1. The predicted octanol–water partition coefficient (Wildman–Crippen LogP) is 4.59. The van der Waals surface area contributed by atoms with Gasteiger partial charge in [-0.2, -0.15) is 18.2 Å². The molecule has 124 valence electrons. The molecule has 0 atom stereocenters. The van der Waals surface area contributed by atoms with E-state index in [0.717, 1.165) is 26.4 Å². The molecule has 23 heavy (non-hydrogen) atoms. The molecule has 1 aromatic carbocycles. The molecule has 0 bridgehead atoms. The number of aryl methyl sites for hydroxylation is 1. The van der Waals surface area contributed by atoms with Crippen LogP contribution in [0.4, 0.5) is 24.8 Å². The summed E-state index contributed by atoms with van der Waals surface area (Å²) in [5.41, 5.74) is 0.913. The quantitative estimate of drug-likeness (QED) is 0.844. The zero-order valence-electron chi connectivity index (χ0n) is 12.9. The van der Waals surface area contributed by atoms with Crippen LogP contribution in [0.15, 0.2) is 30.5 Å². The van der Waals surface area contributed by atoms with Gasteiger partial charge in [0.1, 0.15) is 5.56 Å². The average molecular weight is 325 g/mol. The topological polar surface area (TPSA) is 47.0 Å². The van der Waals surface area contributed by atoms with E-state index >= 15 is 0 Å². The van der Waals surface area contributed by atoms with E-state index in [1.54, 1.807) is 0 Å². The number of nitrogens with one attached hydrogen (secondary N) is 1. The summed E-state index contributed by atoms with van der Waals surface area (Å²) in [6, 6.07) is 7.63. The van der Waals surface area contributed by atoms with E-state index in [2.05, 4.69) is 22.2 Å². The molecule has 1 N–H and O–H groups in total. The summed E-state index contributed by atoms with van der Waals surface area (Å²) in [6.07, 6.45) is -0.596. The predicted molar refractivity (Wildman–Crippen MR) is 81.9 cm³/mol. The first-order valence-corrected chi connectivity index (χ1v) is 7.28. The first-order chi connectivity index (χ1) is 10.9. The van der Waals surface area contributed by atoms with Gasteiger partial charge < -0.3 is 10.1 Å². The Bertz CT molecular complexity index is 642. The first-order valence-electron chi connectivity index (χ1n) is 7.28. The molecule has 0 radical (unpaired) electrons. The molecule has 0 fully saturated rings. The highest BCUT2D eigenvalue weighted by Crippen LogP contribution is 2.35. The van der Waals surface area contributed by atoms with Crippen molar-refractivity contribution in [1.82, 2.24) is 9.97 Å². The third kappa shape index (κ3) is 4.58. The summed E-state index contributed by atoms with van der Waals surface area (Å²) in [5.74, 6) is -0.453. The molecule has 0 aliphatic carbocycles. The van der Waals surface area contributed by atoms with Crippen LogP contribution in [0.5, 0.6) is 5.88 Å². The lowest BCUT2D eigenvalue weighted by molar-refractivity contribution is -0.139. The Kier molecular flexibility index (Phi) is 5.41. The van der Waals surface area contributed by atoms with E-state index < -0.39 is 17.6 Å². The van der Waals surface area contributed by atoms with Crippen molar-refractivity contribution in [1.29, 1.82) is 0 Å². The fourth-order valence-electron chi connectivity index (χ4n) is 2.04. The average Bonchev–Trinajstić information content (AvgIpc) is 2.53. The number of anilines is 2. The molecule has 0 amide bonds. The Morgan fingerprint density at radius 3 is 2.43 bits per heavy atom. The number of hydrogen-bond donors (Lipinski definition) is 1. The zero-order valence-corrected chi connectivity index (χ0v) is 12.9. The number of halogens is 3. The van der Waals surface area contributed by atoms with E-state index in [1.807, 2.05) is 24.3 Å². The Hall–Kier alpha value is -2.31. The van der Waals surface area contributed by atoms with E-state index in [1.165, 1.54) is 5.56 Å². The molecular formula is C16H18F3N3O. The van der Waals surface area contributed by atoms with Gasteiger partial charge in [-0.15, -0.1) is 0 Å². The van der Waals surface area contributed by atoms with Crippen LogP contribution in [0.1, 0.15) is 30.9 Å². The van der Waals surface area contributed by atoms with Crippen LogP contribution in [0, 0.1) is 0 Å². The molecule has 0 unspecified atom stereocenters. The highest BCUT2D eigenvalue weighted by atomic mass is 19.4. The van der Waals surface area contributed by atoms with Crippen LogP contribution < -0.4 is 10.1 Å². The molecule has 0 aliphatic heterocycles. The lowest BCUT2D eigenvalue weighted by atomic mass is 10.1. The van der Waals surface area contributed by atoms with E-state index in [9.17, 15) is 13.2 Å². The molecule has 0 spiro atoms. The van der Waals surface area contributed by atoms with Crippen LogP contribution >= 0.6 is 0 Å². The second-order valence-electron chi connectivity index (χ2n) is 5.04. The minimum absolute atomic E-state index is 0.0520. The van der Waals surface area contributed by atoms with Crippen LogP contribution in [0.3, 0.4) is 0 Å². The third-order valence-corrected chi connectivity index (χ3v) is 3.28. The molecule has 2 rings (SSSR count). The van der Waals surface area contributed by atoms with Crippen molar-refractivity contribution in [3.8, 4) is 5.88 Å². The van der Waals surface area contributed by atoms with Gasteiger partial charge in [0, 0.05) is 11.9 Å². The van der Waals surface area contributed by atoms with Gasteiger partial charge in [-0.3, -0.25) is 0 Å². The van der Waals surface area contributed by atoms with Gasteiger partial charge >= 0.3 is 6.18 Å². The van der Waals surface area contributed by atoms with Gasteiger partial charge in [0.2, 0.25) is 11.8 Å². The van der Waals surface area contributed by atoms with Gasteiger partial charge in [-0.25, -0.2) is 4.98 Å². The summed E-state index contributed by atoms with van der Waals surface area (Å²) < 4.78 is 43.0. The smallest absolute Gasteiger partial charge is 0.423 e. The Balaban J connectivity index is 2.14. The molecule has 0 saturated carbocycles. The maximum atomic E-state index is 12.8. The lowest BCUT2D eigenvalue weighted by Gasteiger charge is -2.12. The van der Waals surface area contributed by atoms with Crippen LogP contribution in [0.2, 0.25) is 0 Å². The molecule has 1 aromatic heterocycles. The molecule has 7 heteroatoms. The molecular weight excluding hydrogens is 307 g/mol. The van der Waals surface area contributed by atoms with Crippen LogP contribution in [0.25, 0.3) is 0 Å². The van der Waals surface area contributed by atoms with E-state index in [4.69, 9.17) is 4.74 Å². The van der Waals surface area contributed by atoms with E-state index in [-0.39, 0.29) is 5.95 Å². The Morgan fingerprint density at radius 2 is 1.87 bits per heavy atom. The number of alkyl halides is 3. The number of hydrogen-bond acceptors (Lipinski definition) is 4. The van der Waals surface area contributed by atoms with Crippen molar-refractivity contribution in [3.63, 3.8) is 0 Å². The number of nitrogens with zero attached hydrogens (tertiary/aromatic N) is 2. The van der Waals surface area contributed by atoms with Crippen molar-refractivity contribution >= 4 is 11.6 Å². The summed E-state index contributed by atoms with van der Waals surface area (Å²) in [4.78, 5) is 7.46. The van der Waals surface area contributed by atoms with Gasteiger partial charge in [0.15, 0.2) is 0 Å². The number of unbranched alkanes of at least 4 members (excludes halogenated alkanes) is 1. The number of aromatic nitrogens is 2. The zero-order chi connectivity index (χ0) is 16.9. The summed E-state index contributed by atoms with van der Waals surface area (Å²) in [6.45, 7) is 2.13. The molecule has 4 nitrogen and oxygen atoms in total. The van der Waals surface area contributed by atoms with Gasteiger partial charge in [-0.1, -0.05) is 25.5 Å². The first kappa shape index (κ1) is 17.1. The Morgan fingerprint density at radius 1 is 1.17 bits per heavy atom. The summed E-state index contributed by atoms with van der Waals surface area (Å²) >= 11 is 0. The minimum Gasteiger partial charge on any atom is -0.480 e. The van der Waals surface area contributed by atoms with Crippen LogP contribution in [-0.2, 0) is 12.6 Å². The van der Waals surface area contributed by atoms with Gasteiger partial charge in [0.05, 0.1) is 7.11 Å². The highest BCUT2D eigenvalue weighted by molar-refractivity contribution is 5.54. The standard InChI is InChI=1S/C16H18F3N3O/c1-3-4-5-11-6-8-12(9-7-11)21-15-20-10-13(16(17,18)19)14(22-15)23-2/h6-10H,3-5H2,1-2H3,(H,20,21,22). The fourth-order valence-corrected chi connectivity index (χ4v) is 2.04. The van der Waals surface area contributed by atoms with Crippen molar-refractivity contribution in [2.24, 2.45) is 0 Å². The van der Waals surface area contributed by atoms with Crippen LogP contribution in [-0.4, -0.2) is 17.1 Å². The normalized spacial score (nSPS) is 11.3. The largest absolute Gasteiger partial charge is 0.480 e. The van der Waals surface area contributed by atoms with Crippen molar-refractivity contribution in [2.45, 2.75) is 32.4 Å². The van der Waals surface area contributed by atoms with Crippen molar-refractivity contribution in [2.75, 3.05) is 12.4 Å². The second kappa shape index (κ2) is 7.30. The molecule has 0 aliphatic rings. The third-order valence-electron chi connectivity index (χ3n) is 3.28. The van der Waals surface area contributed by atoms with Gasteiger partial charge in [0.25, 0.3) is 0 Å². The highest BCUT2D eigenvalue weighted by Gasteiger charge is 2.36. The van der Waals surface area contributed by atoms with Crippen molar-refractivity contribution < 1.29 is 17.9 Å². The summed E-state index contributed by atoms with van der Waals surface area (Å²) in [5, 5.41) is 2.87. The van der Waals surface area contributed by atoms with Crippen molar-refractivity contribution in [3.05, 3.63) is 41.6 Å². The fraction of sp³-hybridized carbons (Fsp3) is 0.375. The number of rotatable bonds is 6. The maximum absolute atomic E-state index is 12.8. The monoisotopic (exact) mass is 325 g/mol. The summed E-state index contributed by atoms with van der Waals surface area (Å²) in [7, 11) is 1.14. The van der Waals surface area contributed by atoms with E-state index in [0.29, 0.717) is 11.9 Å². The molecule has 0 saturated heterocycles. The second-order valence-corrected chi connectivity index (χ2v) is 5.04. The minimum atomic E-state index is -4.55. The van der Waals surface area contributed by atoms with Gasteiger partial charge in [-0.05, 0) is 30.5 Å². The number of methoxy groups -OCH3 is 1. The number of benzene rings is 1.